The summed E-state index contributed by atoms with van der Waals surface area (Å²) < 4.78 is 28.8. The van der Waals surface area contributed by atoms with E-state index in [2.05, 4.69) is 41.4 Å². The molecule has 0 amide bonds. The maximum atomic E-state index is 11.5. The minimum Gasteiger partial charge on any atom is -0.443 e. The van der Waals surface area contributed by atoms with Crippen molar-refractivity contribution in [2.45, 2.75) is 52.1 Å². The molecular formula is C15H26N4O3S. The molecule has 1 aromatic rings. The number of nitrogens with one attached hydrogen (secondary N) is 2. The second-order valence-corrected chi connectivity index (χ2v) is 9.04. The summed E-state index contributed by atoms with van der Waals surface area (Å²) in [7, 11) is -2.91. The van der Waals surface area contributed by atoms with Gasteiger partial charge in [-0.1, -0.05) is 20.8 Å². The lowest BCUT2D eigenvalue weighted by molar-refractivity contribution is 0.383. The highest BCUT2D eigenvalue weighted by Gasteiger charge is 2.28. The van der Waals surface area contributed by atoms with Gasteiger partial charge in [0.25, 0.3) is 0 Å². The SMILES string of the molecule is CCNC(=NCc1ncc(C(C)(C)C)o1)NC1CCS(=O)(=O)C1. The first-order valence-electron chi connectivity index (χ1n) is 7.90. The Balaban J connectivity index is 2.00. The second kappa shape index (κ2) is 6.90. The number of sulfone groups is 1. The summed E-state index contributed by atoms with van der Waals surface area (Å²) in [5.41, 5.74) is -0.0874. The quantitative estimate of drug-likeness (QED) is 0.631. The van der Waals surface area contributed by atoms with Gasteiger partial charge in [0.2, 0.25) is 5.89 Å². The lowest BCUT2D eigenvalue weighted by Gasteiger charge is -2.15. The zero-order valence-electron chi connectivity index (χ0n) is 14.2. The third-order valence-corrected chi connectivity index (χ3v) is 5.35. The van der Waals surface area contributed by atoms with E-state index in [0.717, 1.165) is 5.76 Å². The molecule has 8 heteroatoms. The molecule has 1 atom stereocenters. The zero-order valence-corrected chi connectivity index (χ0v) is 15.0. The Hall–Kier alpha value is -1.57. The molecule has 0 radical (unpaired) electrons. The summed E-state index contributed by atoms with van der Waals surface area (Å²) in [6.45, 7) is 9.16. The van der Waals surface area contributed by atoms with Crippen molar-refractivity contribution in [3.05, 3.63) is 17.8 Å². The minimum atomic E-state index is -2.91. The zero-order chi connectivity index (χ0) is 17.1. The van der Waals surface area contributed by atoms with Crippen LogP contribution in [0.15, 0.2) is 15.6 Å². The molecule has 0 aromatic carbocycles. The maximum Gasteiger partial charge on any atom is 0.216 e. The van der Waals surface area contributed by atoms with Crippen molar-refractivity contribution in [2.24, 2.45) is 4.99 Å². The first kappa shape index (κ1) is 17.8. The molecule has 0 spiro atoms. The largest absolute Gasteiger partial charge is 0.443 e. The first-order chi connectivity index (χ1) is 10.7. The number of hydrogen-bond acceptors (Lipinski definition) is 5. The molecular weight excluding hydrogens is 316 g/mol. The van der Waals surface area contributed by atoms with Crippen molar-refractivity contribution in [3.63, 3.8) is 0 Å². The highest BCUT2D eigenvalue weighted by molar-refractivity contribution is 7.91. The van der Waals surface area contributed by atoms with Gasteiger partial charge in [0.05, 0.1) is 17.7 Å². The van der Waals surface area contributed by atoms with Crippen LogP contribution >= 0.6 is 0 Å². The van der Waals surface area contributed by atoms with Crippen LogP contribution in [0.25, 0.3) is 0 Å². The molecule has 1 aromatic heterocycles. The Morgan fingerprint density at radius 3 is 2.74 bits per heavy atom. The van der Waals surface area contributed by atoms with Crippen LogP contribution in [0.4, 0.5) is 0 Å². The lowest BCUT2D eigenvalue weighted by Crippen LogP contribution is -2.44. The highest BCUT2D eigenvalue weighted by atomic mass is 32.2. The predicted molar refractivity (Wildman–Crippen MR) is 90.2 cm³/mol. The van der Waals surface area contributed by atoms with Crippen LogP contribution < -0.4 is 10.6 Å². The first-order valence-corrected chi connectivity index (χ1v) is 9.72. The van der Waals surface area contributed by atoms with E-state index < -0.39 is 9.84 Å². The minimum absolute atomic E-state index is 0.0874. The second-order valence-electron chi connectivity index (χ2n) is 6.81. The van der Waals surface area contributed by atoms with Gasteiger partial charge in [-0.2, -0.15) is 0 Å². The molecule has 1 fully saturated rings. The number of aromatic nitrogens is 1. The number of aliphatic imine (C=N–C) groups is 1. The summed E-state index contributed by atoms with van der Waals surface area (Å²) >= 11 is 0. The van der Waals surface area contributed by atoms with E-state index in [1.165, 1.54) is 0 Å². The van der Waals surface area contributed by atoms with Crippen molar-refractivity contribution in [1.29, 1.82) is 0 Å². The molecule has 2 rings (SSSR count). The van der Waals surface area contributed by atoms with Crippen LogP contribution in [0.1, 0.15) is 45.8 Å². The number of guanidine groups is 1. The predicted octanol–water partition coefficient (Wildman–Crippen LogP) is 1.21. The van der Waals surface area contributed by atoms with Crippen molar-refractivity contribution < 1.29 is 12.8 Å². The average Bonchev–Trinajstić information content (AvgIpc) is 3.02. The molecule has 2 N–H and O–H groups in total. The van der Waals surface area contributed by atoms with Crippen LogP contribution in [0.5, 0.6) is 0 Å². The third-order valence-electron chi connectivity index (χ3n) is 3.58. The topological polar surface area (TPSA) is 96.6 Å². The van der Waals surface area contributed by atoms with Gasteiger partial charge in [-0.3, -0.25) is 0 Å². The van der Waals surface area contributed by atoms with Gasteiger partial charge in [-0.05, 0) is 13.3 Å². The van der Waals surface area contributed by atoms with Gasteiger partial charge in [-0.15, -0.1) is 0 Å². The Morgan fingerprint density at radius 2 is 2.22 bits per heavy atom. The number of oxazole rings is 1. The van der Waals surface area contributed by atoms with Gasteiger partial charge in [0.1, 0.15) is 12.3 Å². The van der Waals surface area contributed by atoms with Crippen LogP contribution in [0.2, 0.25) is 0 Å². The standard InChI is InChI=1S/C15H26N4O3S/c1-5-16-14(19-11-6-7-23(20,21)10-11)18-9-13-17-8-12(22-13)15(2,3)4/h8,11H,5-7,9-10H2,1-4H3,(H2,16,18,19). The van der Waals surface area contributed by atoms with Crippen LogP contribution in [-0.2, 0) is 21.8 Å². The summed E-state index contributed by atoms with van der Waals surface area (Å²) in [6, 6.07) is -0.0903. The third kappa shape index (κ3) is 5.23. The molecule has 2 heterocycles. The Kier molecular flexibility index (Phi) is 5.33. The van der Waals surface area contributed by atoms with Gasteiger partial charge >= 0.3 is 0 Å². The molecule has 1 aliphatic rings. The van der Waals surface area contributed by atoms with E-state index in [1.807, 2.05) is 6.92 Å². The van der Waals surface area contributed by atoms with Gasteiger partial charge in [0.15, 0.2) is 15.8 Å². The fourth-order valence-corrected chi connectivity index (χ4v) is 3.97. The monoisotopic (exact) mass is 342 g/mol. The van der Waals surface area contributed by atoms with Gasteiger partial charge in [-0.25, -0.2) is 18.4 Å². The van der Waals surface area contributed by atoms with E-state index in [4.69, 9.17) is 4.42 Å². The lowest BCUT2D eigenvalue weighted by atomic mass is 9.94. The summed E-state index contributed by atoms with van der Waals surface area (Å²) in [5, 5.41) is 6.29. The van der Waals surface area contributed by atoms with Crippen molar-refractivity contribution >= 4 is 15.8 Å². The van der Waals surface area contributed by atoms with E-state index in [9.17, 15) is 8.42 Å². The van der Waals surface area contributed by atoms with Crippen LogP contribution in [-0.4, -0.2) is 43.5 Å². The Labute approximate surface area is 137 Å². The fraction of sp³-hybridized carbons (Fsp3) is 0.733. The molecule has 130 valence electrons. The van der Waals surface area contributed by atoms with Crippen molar-refractivity contribution in [1.82, 2.24) is 15.6 Å². The smallest absolute Gasteiger partial charge is 0.216 e. The summed E-state index contributed by atoms with van der Waals surface area (Å²) in [5.74, 6) is 2.35. The fourth-order valence-electron chi connectivity index (χ4n) is 2.30. The average molecular weight is 342 g/mol. The van der Waals surface area contributed by atoms with E-state index in [0.29, 0.717) is 31.4 Å². The molecule has 0 saturated carbocycles. The molecule has 0 bridgehead atoms. The molecule has 1 unspecified atom stereocenters. The van der Waals surface area contributed by atoms with Gasteiger partial charge < -0.3 is 15.1 Å². The van der Waals surface area contributed by atoms with Crippen molar-refractivity contribution in [3.8, 4) is 0 Å². The van der Waals surface area contributed by atoms with Gasteiger partial charge in [0, 0.05) is 18.0 Å². The van der Waals surface area contributed by atoms with Crippen molar-refractivity contribution in [2.75, 3.05) is 18.1 Å². The number of nitrogens with zero attached hydrogens (tertiary/aromatic N) is 2. The van der Waals surface area contributed by atoms with Crippen LogP contribution in [0.3, 0.4) is 0 Å². The van der Waals surface area contributed by atoms with E-state index >= 15 is 0 Å². The molecule has 0 aliphatic carbocycles. The van der Waals surface area contributed by atoms with E-state index in [1.54, 1.807) is 6.20 Å². The summed E-state index contributed by atoms with van der Waals surface area (Å²) in [6.07, 6.45) is 2.34. The Bertz CT molecular complexity index is 659. The molecule has 7 nitrogen and oxygen atoms in total. The molecule has 1 saturated heterocycles. The highest BCUT2D eigenvalue weighted by Crippen LogP contribution is 2.22. The maximum absolute atomic E-state index is 11.5. The number of hydrogen-bond donors (Lipinski definition) is 2. The molecule has 23 heavy (non-hydrogen) atoms. The summed E-state index contributed by atoms with van der Waals surface area (Å²) in [4.78, 5) is 8.68. The number of rotatable bonds is 4. The normalized spacial score (nSPS) is 21.4. The van der Waals surface area contributed by atoms with Crippen LogP contribution in [0, 0.1) is 0 Å². The molecule has 1 aliphatic heterocycles. The Morgan fingerprint density at radius 1 is 1.48 bits per heavy atom. The van der Waals surface area contributed by atoms with E-state index in [-0.39, 0.29) is 23.0 Å².